The number of fused-ring (bicyclic) bond motifs is 1. The molecule has 1 aliphatic carbocycles. The molecule has 4 nitrogen and oxygen atoms in total. The molecule has 3 aromatic carbocycles. The van der Waals surface area contributed by atoms with E-state index in [0.717, 1.165) is 11.4 Å². The van der Waals surface area contributed by atoms with Gasteiger partial charge in [-0.05, 0) is 48.2 Å². The molecule has 0 aromatic heterocycles. The summed E-state index contributed by atoms with van der Waals surface area (Å²) < 4.78 is 0. The molecule has 2 aliphatic rings. The maximum absolute atomic E-state index is 14.1. The van der Waals surface area contributed by atoms with Crippen molar-refractivity contribution in [2.45, 2.75) is 32.7 Å². The van der Waals surface area contributed by atoms with Crippen LogP contribution in [0.5, 0.6) is 0 Å². The lowest BCUT2D eigenvalue weighted by Gasteiger charge is -2.37. The number of benzene rings is 3. The number of carbonyl (C=O) groups is 2. The molecule has 0 radical (unpaired) electrons. The Hall–Kier alpha value is -3.08. The van der Waals surface area contributed by atoms with Crippen LogP contribution in [0.25, 0.3) is 0 Å². The number of para-hydroxylation sites is 2. The number of nitrogens with zero attached hydrogens (tertiary/aromatic N) is 1. The number of nitrogens with one attached hydrogen (secondary N) is 1. The van der Waals surface area contributed by atoms with Crippen LogP contribution in [0, 0.1) is 5.41 Å². The zero-order valence-corrected chi connectivity index (χ0v) is 20.5. The third kappa shape index (κ3) is 3.91. The van der Waals surface area contributed by atoms with Crippen LogP contribution in [0.15, 0.2) is 84.1 Å². The van der Waals surface area contributed by atoms with Crippen LogP contribution < -0.4 is 10.2 Å². The Bertz CT molecular complexity index is 1310. The number of amides is 1. The molecule has 1 atom stereocenters. The summed E-state index contributed by atoms with van der Waals surface area (Å²) >= 11 is 13.4. The molecule has 6 heteroatoms. The van der Waals surface area contributed by atoms with Crippen LogP contribution in [0.2, 0.25) is 10.0 Å². The highest BCUT2D eigenvalue weighted by atomic mass is 35.5. The minimum absolute atomic E-state index is 0.0154. The fraction of sp³-hybridized carbons (Fsp3) is 0.214. The maximum atomic E-state index is 14.1. The predicted molar refractivity (Wildman–Crippen MR) is 138 cm³/mol. The number of Topliss-reactive ketones (excluding diaryl/α,β-unsaturated/α-hetero) is 1. The van der Waals surface area contributed by atoms with Crippen molar-refractivity contribution in [3.05, 3.63) is 105 Å². The van der Waals surface area contributed by atoms with Crippen LogP contribution in [-0.2, 0) is 4.79 Å². The molecule has 0 unspecified atom stereocenters. The lowest BCUT2D eigenvalue weighted by atomic mass is 9.73. The molecule has 1 amide bonds. The maximum Gasteiger partial charge on any atom is 0.259 e. The van der Waals surface area contributed by atoms with E-state index in [0.29, 0.717) is 45.3 Å². The summed E-state index contributed by atoms with van der Waals surface area (Å²) in [5.41, 5.74) is 3.61. The van der Waals surface area contributed by atoms with Gasteiger partial charge in [-0.1, -0.05) is 73.4 Å². The smallest absolute Gasteiger partial charge is 0.259 e. The lowest BCUT2D eigenvalue weighted by Crippen LogP contribution is -2.39. The molecule has 5 rings (SSSR count). The average Bonchev–Trinajstić information content (AvgIpc) is 2.92. The second kappa shape index (κ2) is 8.61. The topological polar surface area (TPSA) is 49.4 Å². The summed E-state index contributed by atoms with van der Waals surface area (Å²) in [6.45, 7) is 4.16. The molecular formula is C28H24Cl2N2O2. The van der Waals surface area contributed by atoms with Crippen LogP contribution in [-0.4, -0.2) is 11.7 Å². The zero-order valence-electron chi connectivity index (χ0n) is 18.9. The fourth-order valence-electron chi connectivity index (χ4n) is 4.98. The van der Waals surface area contributed by atoms with Gasteiger partial charge in [0.15, 0.2) is 5.78 Å². The van der Waals surface area contributed by atoms with Crippen molar-refractivity contribution in [2.24, 2.45) is 5.41 Å². The highest BCUT2D eigenvalue weighted by Crippen LogP contribution is 2.50. The second-order valence-electron chi connectivity index (χ2n) is 9.55. The van der Waals surface area contributed by atoms with Crippen molar-refractivity contribution >= 4 is 46.3 Å². The van der Waals surface area contributed by atoms with Crippen molar-refractivity contribution in [1.82, 2.24) is 0 Å². The molecule has 172 valence electrons. The number of hydrogen-bond donors (Lipinski definition) is 1. The summed E-state index contributed by atoms with van der Waals surface area (Å²) in [4.78, 5) is 29.5. The van der Waals surface area contributed by atoms with E-state index >= 15 is 0 Å². The average molecular weight is 491 g/mol. The molecule has 0 fully saturated rings. The van der Waals surface area contributed by atoms with Crippen molar-refractivity contribution in [1.29, 1.82) is 0 Å². The minimum Gasteiger partial charge on any atom is -0.357 e. The number of hydrogen-bond acceptors (Lipinski definition) is 3. The number of rotatable bonds is 2. The Labute approximate surface area is 209 Å². The summed E-state index contributed by atoms with van der Waals surface area (Å²) in [7, 11) is 0. The van der Waals surface area contributed by atoms with Gasteiger partial charge in [-0.2, -0.15) is 0 Å². The van der Waals surface area contributed by atoms with Crippen molar-refractivity contribution in [3.63, 3.8) is 0 Å². The van der Waals surface area contributed by atoms with E-state index in [1.165, 1.54) is 0 Å². The largest absolute Gasteiger partial charge is 0.357 e. The first kappa shape index (κ1) is 22.7. The second-order valence-corrected chi connectivity index (χ2v) is 10.4. The van der Waals surface area contributed by atoms with Crippen LogP contribution in [0.3, 0.4) is 0 Å². The fourth-order valence-corrected chi connectivity index (χ4v) is 5.58. The summed E-state index contributed by atoms with van der Waals surface area (Å²) in [5.74, 6) is -0.249. The summed E-state index contributed by atoms with van der Waals surface area (Å²) in [6.07, 6.45) is 1.03. The Morgan fingerprint density at radius 3 is 2.26 bits per heavy atom. The minimum atomic E-state index is -0.774. The van der Waals surface area contributed by atoms with Gasteiger partial charge in [-0.3, -0.25) is 14.5 Å². The van der Waals surface area contributed by atoms with Crippen LogP contribution in [0.1, 0.15) is 48.7 Å². The number of anilines is 2. The Morgan fingerprint density at radius 2 is 1.56 bits per heavy atom. The van der Waals surface area contributed by atoms with Crippen LogP contribution in [0.4, 0.5) is 11.4 Å². The van der Waals surface area contributed by atoms with E-state index in [1.54, 1.807) is 35.2 Å². The van der Waals surface area contributed by atoms with Crippen LogP contribution >= 0.6 is 23.2 Å². The van der Waals surface area contributed by atoms with Gasteiger partial charge in [0.25, 0.3) is 5.91 Å². The highest BCUT2D eigenvalue weighted by Gasteiger charge is 2.44. The Balaban J connectivity index is 1.84. The zero-order chi connectivity index (χ0) is 24.0. The number of allylic oxidation sites excluding steroid dienone is 1. The summed E-state index contributed by atoms with van der Waals surface area (Å²) in [6, 6.07) is 21.1. The first-order chi connectivity index (χ1) is 16.3. The van der Waals surface area contributed by atoms with Gasteiger partial charge < -0.3 is 5.32 Å². The molecule has 1 heterocycles. The van der Waals surface area contributed by atoms with E-state index < -0.39 is 6.04 Å². The van der Waals surface area contributed by atoms with Crippen molar-refractivity contribution in [2.75, 3.05) is 10.2 Å². The molecule has 34 heavy (non-hydrogen) atoms. The van der Waals surface area contributed by atoms with E-state index in [-0.39, 0.29) is 17.1 Å². The molecular weight excluding hydrogens is 467 g/mol. The molecule has 0 saturated heterocycles. The van der Waals surface area contributed by atoms with Crippen molar-refractivity contribution in [3.8, 4) is 0 Å². The van der Waals surface area contributed by atoms with E-state index in [9.17, 15) is 9.59 Å². The molecule has 0 saturated carbocycles. The quantitative estimate of drug-likeness (QED) is 0.405. The lowest BCUT2D eigenvalue weighted by molar-refractivity contribution is -0.118. The molecule has 3 aromatic rings. The molecule has 0 spiro atoms. The SMILES string of the molecule is CC1(C)CC(=O)C2=C(C1)Nc1ccccc1N(C(=O)c1ccccc1)[C@@H]2c1c(Cl)cccc1Cl. The van der Waals surface area contributed by atoms with Crippen molar-refractivity contribution < 1.29 is 9.59 Å². The molecule has 0 bridgehead atoms. The first-order valence-corrected chi connectivity index (χ1v) is 12.0. The van der Waals surface area contributed by atoms with Gasteiger partial charge in [0.1, 0.15) is 0 Å². The Kier molecular flexibility index (Phi) is 5.75. The van der Waals surface area contributed by atoms with Gasteiger partial charge in [0.2, 0.25) is 0 Å². The monoisotopic (exact) mass is 490 g/mol. The third-order valence-corrected chi connectivity index (χ3v) is 7.07. The van der Waals surface area contributed by atoms with E-state index in [2.05, 4.69) is 19.2 Å². The summed E-state index contributed by atoms with van der Waals surface area (Å²) in [5, 5.41) is 4.32. The van der Waals surface area contributed by atoms with Gasteiger partial charge in [-0.15, -0.1) is 0 Å². The number of ketones is 1. The predicted octanol–water partition coefficient (Wildman–Crippen LogP) is 7.45. The number of halogens is 2. The normalized spacial score (nSPS) is 19.1. The molecule has 1 aliphatic heterocycles. The standard InChI is InChI=1S/C28H24Cl2N2O2/c1-28(2)15-21-25(23(33)16-28)26(24-18(29)11-8-12-19(24)30)32(22-14-7-6-13-20(22)31-21)27(34)17-9-4-3-5-10-17/h3-14,26,31H,15-16H2,1-2H3/t26-/m1/s1. The van der Waals surface area contributed by atoms with E-state index in [1.807, 2.05) is 42.5 Å². The Morgan fingerprint density at radius 1 is 0.912 bits per heavy atom. The van der Waals surface area contributed by atoms with Gasteiger partial charge in [0, 0.05) is 38.9 Å². The van der Waals surface area contributed by atoms with Gasteiger partial charge >= 0.3 is 0 Å². The first-order valence-electron chi connectivity index (χ1n) is 11.2. The van der Waals surface area contributed by atoms with Gasteiger partial charge in [-0.25, -0.2) is 0 Å². The van der Waals surface area contributed by atoms with Gasteiger partial charge in [0.05, 0.1) is 17.4 Å². The highest BCUT2D eigenvalue weighted by molar-refractivity contribution is 6.36. The number of carbonyl (C=O) groups excluding carboxylic acids is 2. The molecule has 1 N–H and O–H groups in total. The van der Waals surface area contributed by atoms with E-state index in [4.69, 9.17) is 23.2 Å². The third-order valence-electron chi connectivity index (χ3n) is 6.41.